The van der Waals surface area contributed by atoms with E-state index in [1.165, 1.54) is 17.5 Å². The fraction of sp³-hybridized carbons (Fsp3) is 0.500. The summed E-state index contributed by atoms with van der Waals surface area (Å²) in [7, 11) is 0. The Morgan fingerprint density at radius 3 is 3.04 bits per heavy atom. The Morgan fingerprint density at radius 1 is 1.32 bits per heavy atom. The van der Waals surface area contributed by atoms with E-state index in [9.17, 15) is 4.79 Å². The van der Waals surface area contributed by atoms with Crippen molar-refractivity contribution in [3.05, 3.63) is 41.1 Å². The molecule has 0 bridgehead atoms. The van der Waals surface area contributed by atoms with Crippen molar-refractivity contribution < 1.29 is 18.7 Å². The van der Waals surface area contributed by atoms with Gasteiger partial charge in [0.25, 0.3) is 5.91 Å². The van der Waals surface area contributed by atoms with Crippen LogP contribution in [-0.2, 0) is 22.4 Å². The number of ether oxygens (including phenoxy) is 2. The minimum absolute atomic E-state index is 0.0222. The van der Waals surface area contributed by atoms with Crippen LogP contribution in [0.25, 0.3) is 0 Å². The smallest absolute Gasteiger partial charge is 0.260 e. The summed E-state index contributed by atoms with van der Waals surface area (Å²) in [6.45, 7) is 3.13. The first kappa shape index (κ1) is 16.1. The lowest BCUT2D eigenvalue weighted by atomic mass is 10.1. The molecule has 0 unspecified atom stereocenters. The van der Waals surface area contributed by atoms with Crippen molar-refractivity contribution in [3.8, 4) is 5.75 Å². The number of nitrogens with zero attached hydrogens (tertiary/aromatic N) is 3. The number of carbonyl (C=O) groups excluding carboxylic acids is 1. The van der Waals surface area contributed by atoms with E-state index < -0.39 is 0 Å². The zero-order valence-electron chi connectivity index (χ0n) is 14.2. The highest BCUT2D eigenvalue weighted by Gasteiger charge is 2.29. The molecule has 1 aromatic heterocycles. The van der Waals surface area contributed by atoms with E-state index in [4.69, 9.17) is 13.9 Å². The molecule has 7 heteroatoms. The van der Waals surface area contributed by atoms with Gasteiger partial charge >= 0.3 is 0 Å². The van der Waals surface area contributed by atoms with Crippen molar-refractivity contribution in [3.63, 3.8) is 0 Å². The molecule has 1 aromatic carbocycles. The van der Waals surface area contributed by atoms with Crippen molar-refractivity contribution in [2.24, 2.45) is 0 Å². The first-order valence-electron chi connectivity index (χ1n) is 8.63. The summed E-state index contributed by atoms with van der Waals surface area (Å²) in [6.07, 6.45) is 3.05. The van der Waals surface area contributed by atoms with Gasteiger partial charge in [-0.3, -0.25) is 4.79 Å². The molecule has 1 fully saturated rings. The standard InChI is InChI=1S/C18H21N3O4/c1-12-19-20-18(25-12)16-10-21(7-8-23-16)17(22)11-24-15-6-5-13-3-2-4-14(13)9-15/h5-6,9,16H,2-4,7-8,10-11H2,1H3/t16-/m1/s1. The number of morpholine rings is 1. The van der Waals surface area contributed by atoms with Crippen LogP contribution >= 0.6 is 0 Å². The summed E-state index contributed by atoms with van der Waals surface area (Å²) in [5.41, 5.74) is 2.73. The third-order valence-corrected chi connectivity index (χ3v) is 4.67. The van der Waals surface area contributed by atoms with Crippen LogP contribution in [0.4, 0.5) is 0 Å². The minimum atomic E-state index is -0.376. The monoisotopic (exact) mass is 343 g/mol. The molecule has 1 aliphatic heterocycles. The molecule has 0 radical (unpaired) electrons. The fourth-order valence-corrected chi connectivity index (χ4v) is 3.34. The van der Waals surface area contributed by atoms with E-state index in [1.807, 2.05) is 6.07 Å². The number of fused-ring (bicyclic) bond motifs is 1. The summed E-state index contributed by atoms with van der Waals surface area (Å²) >= 11 is 0. The van der Waals surface area contributed by atoms with E-state index >= 15 is 0 Å². The molecule has 132 valence electrons. The van der Waals surface area contributed by atoms with Crippen LogP contribution in [0.5, 0.6) is 5.75 Å². The predicted octanol–water partition coefficient (Wildman–Crippen LogP) is 1.85. The summed E-state index contributed by atoms with van der Waals surface area (Å²) in [5.74, 6) is 1.59. The summed E-state index contributed by atoms with van der Waals surface area (Å²) in [5, 5.41) is 7.79. The van der Waals surface area contributed by atoms with Gasteiger partial charge in [0, 0.05) is 13.5 Å². The molecule has 1 saturated heterocycles. The van der Waals surface area contributed by atoms with Gasteiger partial charge in [-0.25, -0.2) is 0 Å². The van der Waals surface area contributed by atoms with E-state index in [-0.39, 0.29) is 18.6 Å². The normalized spacial score (nSPS) is 19.7. The van der Waals surface area contributed by atoms with Gasteiger partial charge in [0.1, 0.15) is 5.75 Å². The summed E-state index contributed by atoms with van der Waals surface area (Å²) < 4.78 is 16.8. The molecule has 1 aliphatic carbocycles. The SMILES string of the molecule is Cc1nnc([C@H]2CN(C(=O)COc3ccc4c(c3)CCC4)CCO2)o1. The van der Waals surface area contributed by atoms with Gasteiger partial charge in [-0.15, -0.1) is 10.2 Å². The van der Waals surface area contributed by atoms with Crippen LogP contribution in [-0.4, -0.2) is 47.3 Å². The average Bonchev–Trinajstić information content (AvgIpc) is 3.28. The van der Waals surface area contributed by atoms with Crippen molar-refractivity contribution in [2.45, 2.75) is 32.3 Å². The second-order valence-electron chi connectivity index (χ2n) is 6.43. The summed E-state index contributed by atoms with van der Waals surface area (Å²) in [6, 6.07) is 6.10. The molecule has 2 heterocycles. The molecule has 0 saturated carbocycles. The molecular formula is C18H21N3O4. The zero-order chi connectivity index (χ0) is 17.2. The Balaban J connectivity index is 1.34. The van der Waals surface area contributed by atoms with Crippen LogP contribution in [0.2, 0.25) is 0 Å². The van der Waals surface area contributed by atoms with Crippen molar-refractivity contribution >= 4 is 5.91 Å². The van der Waals surface area contributed by atoms with Crippen LogP contribution in [0.3, 0.4) is 0 Å². The van der Waals surface area contributed by atoms with Crippen molar-refractivity contribution in [2.75, 3.05) is 26.3 Å². The average molecular weight is 343 g/mol. The highest BCUT2D eigenvalue weighted by Crippen LogP contribution is 2.26. The van der Waals surface area contributed by atoms with Gasteiger partial charge in [0.15, 0.2) is 12.7 Å². The third-order valence-electron chi connectivity index (χ3n) is 4.67. The second-order valence-corrected chi connectivity index (χ2v) is 6.43. The number of hydrogen-bond acceptors (Lipinski definition) is 6. The number of hydrogen-bond donors (Lipinski definition) is 0. The maximum absolute atomic E-state index is 12.5. The van der Waals surface area contributed by atoms with Crippen molar-refractivity contribution in [1.29, 1.82) is 0 Å². The van der Waals surface area contributed by atoms with Gasteiger partial charge in [0.2, 0.25) is 11.8 Å². The molecule has 2 aromatic rings. The third kappa shape index (κ3) is 3.51. The molecule has 25 heavy (non-hydrogen) atoms. The van der Waals surface area contributed by atoms with E-state index in [0.29, 0.717) is 31.5 Å². The number of amides is 1. The highest BCUT2D eigenvalue weighted by atomic mass is 16.5. The molecule has 2 aliphatic rings. The van der Waals surface area contributed by atoms with E-state index in [0.717, 1.165) is 18.6 Å². The van der Waals surface area contributed by atoms with Gasteiger partial charge in [0.05, 0.1) is 13.2 Å². The van der Waals surface area contributed by atoms with E-state index in [1.54, 1.807) is 11.8 Å². The topological polar surface area (TPSA) is 77.7 Å². The van der Waals surface area contributed by atoms with Gasteiger partial charge in [-0.05, 0) is 42.5 Å². The maximum Gasteiger partial charge on any atom is 0.260 e. The van der Waals surface area contributed by atoms with Crippen LogP contribution in [0.15, 0.2) is 22.6 Å². The Kier molecular flexibility index (Phi) is 4.40. The maximum atomic E-state index is 12.5. The molecule has 0 N–H and O–H groups in total. The van der Waals surface area contributed by atoms with Crippen LogP contribution < -0.4 is 4.74 Å². The zero-order valence-corrected chi connectivity index (χ0v) is 14.2. The minimum Gasteiger partial charge on any atom is -0.484 e. The van der Waals surface area contributed by atoms with E-state index in [2.05, 4.69) is 22.3 Å². The van der Waals surface area contributed by atoms with Crippen LogP contribution in [0.1, 0.15) is 35.4 Å². The Hall–Kier alpha value is -2.41. The molecule has 4 rings (SSSR count). The number of carbonyl (C=O) groups is 1. The molecular weight excluding hydrogens is 322 g/mol. The molecule has 1 amide bonds. The van der Waals surface area contributed by atoms with Crippen LogP contribution in [0, 0.1) is 6.92 Å². The number of aromatic nitrogens is 2. The molecule has 1 atom stereocenters. The number of aryl methyl sites for hydroxylation is 3. The quantitative estimate of drug-likeness (QED) is 0.843. The lowest BCUT2D eigenvalue weighted by molar-refractivity contribution is -0.142. The largest absolute Gasteiger partial charge is 0.484 e. The van der Waals surface area contributed by atoms with Gasteiger partial charge < -0.3 is 18.8 Å². The Labute approximate surface area is 145 Å². The predicted molar refractivity (Wildman–Crippen MR) is 88.3 cm³/mol. The fourth-order valence-electron chi connectivity index (χ4n) is 3.34. The second kappa shape index (κ2) is 6.84. The lowest BCUT2D eigenvalue weighted by Crippen LogP contribution is -2.44. The van der Waals surface area contributed by atoms with Gasteiger partial charge in [-0.1, -0.05) is 6.07 Å². The summed E-state index contributed by atoms with van der Waals surface area (Å²) in [4.78, 5) is 14.2. The highest BCUT2D eigenvalue weighted by molar-refractivity contribution is 5.78. The Morgan fingerprint density at radius 2 is 2.20 bits per heavy atom. The number of benzene rings is 1. The first-order valence-corrected chi connectivity index (χ1v) is 8.63. The Bertz CT molecular complexity index is 773. The van der Waals surface area contributed by atoms with Gasteiger partial charge in [-0.2, -0.15) is 0 Å². The molecule has 7 nitrogen and oxygen atoms in total. The molecule has 0 spiro atoms. The first-order chi connectivity index (χ1) is 12.2. The lowest BCUT2D eigenvalue weighted by Gasteiger charge is -2.31. The number of rotatable bonds is 4. The van der Waals surface area contributed by atoms with Crippen molar-refractivity contribution in [1.82, 2.24) is 15.1 Å².